The van der Waals surface area contributed by atoms with Crippen molar-refractivity contribution >= 4 is 27.7 Å². The molecule has 0 saturated heterocycles. The van der Waals surface area contributed by atoms with Crippen molar-refractivity contribution in [2.45, 2.75) is 0 Å². The molecule has 0 aliphatic rings. The van der Waals surface area contributed by atoms with Crippen molar-refractivity contribution in [3.63, 3.8) is 0 Å². The summed E-state index contributed by atoms with van der Waals surface area (Å²) in [5, 5.41) is 11.2. The minimum atomic E-state index is -0.304. The molecule has 0 bridgehead atoms. The maximum absolute atomic E-state index is 11.7. The van der Waals surface area contributed by atoms with Crippen LogP contribution in [0.1, 0.15) is 10.4 Å². The van der Waals surface area contributed by atoms with Crippen LogP contribution in [0.2, 0.25) is 0 Å². The highest BCUT2D eigenvalue weighted by molar-refractivity contribution is 9.10. The van der Waals surface area contributed by atoms with Gasteiger partial charge < -0.3 is 15.3 Å². The molecule has 18 heavy (non-hydrogen) atoms. The second-order valence-electron chi connectivity index (χ2n) is 3.73. The number of carbonyl (C=O) groups excluding carboxylic acids is 2. The Hall–Kier alpha value is -1.40. The molecule has 0 unspecified atom stereocenters. The van der Waals surface area contributed by atoms with Gasteiger partial charge in [-0.25, -0.2) is 0 Å². The fraction of sp³-hybridized carbons (Fsp3) is 0.333. The molecule has 0 spiro atoms. The van der Waals surface area contributed by atoms with Crippen molar-refractivity contribution in [3.8, 4) is 0 Å². The zero-order valence-corrected chi connectivity index (χ0v) is 11.6. The summed E-state index contributed by atoms with van der Waals surface area (Å²) in [5.74, 6) is -0.547. The van der Waals surface area contributed by atoms with E-state index in [1.165, 1.54) is 4.90 Å². The van der Waals surface area contributed by atoms with E-state index in [4.69, 9.17) is 5.11 Å². The Morgan fingerprint density at radius 3 is 2.78 bits per heavy atom. The van der Waals surface area contributed by atoms with Crippen molar-refractivity contribution in [2.24, 2.45) is 0 Å². The number of aliphatic hydroxyl groups excluding tert-OH is 1. The summed E-state index contributed by atoms with van der Waals surface area (Å²) >= 11 is 3.27. The first-order valence-corrected chi connectivity index (χ1v) is 6.22. The Balaban J connectivity index is 2.49. The Labute approximate surface area is 114 Å². The van der Waals surface area contributed by atoms with Crippen molar-refractivity contribution in [1.29, 1.82) is 0 Å². The summed E-state index contributed by atoms with van der Waals surface area (Å²) in [6.07, 6.45) is 0. The Morgan fingerprint density at radius 2 is 2.17 bits per heavy atom. The van der Waals surface area contributed by atoms with E-state index in [0.717, 1.165) is 4.47 Å². The number of hydrogen-bond acceptors (Lipinski definition) is 3. The van der Waals surface area contributed by atoms with E-state index in [-0.39, 0.29) is 31.5 Å². The summed E-state index contributed by atoms with van der Waals surface area (Å²) in [5.41, 5.74) is 0.488. The molecule has 0 radical (unpaired) electrons. The quantitative estimate of drug-likeness (QED) is 0.837. The molecule has 2 N–H and O–H groups in total. The molecule has 6 heteroatoms. The van der Waals surface area contributed by atoms with Crippen LogP contribution in [0.15, 0.2) is 28.7 Å². The van der Waals surface area contributed by atoms with E-state index in [0.29, 0.717) is 5.56 Å². The van der Waals surface area contributed by atoms with Gasteiger partial charge >= 0.3 is 0 Å². The van der Waals surface area contributed by atoms with Gasteiger partial charge in [-0.2, -0.15) is 0 Å². The lowest BCUT2D eigenvalue weighted by Gasteiger charge is -2.15. The maximum Gasteiger partial charge on any atom is 0.251 e. The summed E-state index contributed by atoms with van der Waals surface area (Å²) < 4.78 is 0.805. The molecule has 0 aliphatic heterocycles. The standard InChI is InChI=1S/C12H15BrN2O3/c1-15(5-6-16)11(17)8-14-12(18)9-3-2-4-10(13)7-9/h2-4,7,16H,5-6,8H2,1H3,(H,14,18). The molecule has 2 amide bonds. The predicted molar refractivity (Wildman–Crippen MR) is 71.2 cm³/mol. The van der Waals surface area contributed by atoms with Gasteiger partial charge in [-0.3, -0.25) is 9.59 Å². The molecule has 98 valence electrons. The summed E-state index contributed by atoms with van der Waals surface area (Å²) in [4.78, 5) is 24.6. The third-order valence-electron chi connectivity index (χ3n) is 2.35. The number of nitrogens with one attached hydrogen (secondary N) is 1. The van der Waals surface area contributed by atoms with Crippen molar-refractivity contribution in [3.05, 3.63) is 34.3 Å². The minimum Gasteiger partial charge on any atom is -0.395 e. The van der Waals surface area contributed by atoms with E-state index >= 15 is 0 Å². The fourth-order valence-electron chi connectivity index (χ4n) is 1.30. The van der Waals surface area contributed by atoms with Crippen LogP contribution >= 0.6 is 15.9 Å². The second kappa shape index (κ2) is 7.13. The van der Waals surface area contributed by atoms with E-state index in [1.807, 2.05) is 6.07 Å². The van der Waals surface area contributed by atoms with Gasteiger partial charge in [0.05, 0.1) is 13.2 Å². The number of carbonyl (C=O) groups is 2. The van der Waals surface area contributed by atoms with Crippen molar-refractivity contribution in [1.82, 2.24) is 10.2 Å². The van der Waals surface area contributed by atoms with Crippen LogP contribution in [0.3, 0.4) is 0 Å². The number of aliphatic hydroxyl groups is 1. The molecule has 0 aliphatic carbocycles. The first-order valence-electron chi connectivity index (χ1n) is 5.43. The number of likely N-dealkylation sites (N-methyl/N-ethyl adjacent to an activating group) is 1. The van der Waals surface area contributed by atoms with Gasteiger partial charge in [0.25, 0.3) is 5.91 Å². The SMILES string of the molecule is CN(CCO)C(=O)CNC(=O)c1cccc(Br)c1. The zero-order chi connectivity index (χ0) is 13.5. The number of halogens is 1. The van der Waals surface area contributed by atoms with Gasteiger partial charge in [0.2, 0.25) is 5.91 Å². The van der Waals surface area contributed by atoms with Crippen LogP contribution in [-0.2, 0) is 4.79 Å². The van der Waals surface area contributed by atoms with Crippen LogP contribution in [0.4, 0.5) is 0 Å². The molecule has 0 aromatic heterocycles. The van der Waals surface area contributed by atoms with Crippen LogP contribution < -0.4 is 5.32 Å². The van der Waals surface area contributed by atoms with Gasteiger partial charge in [-0.05, 0) is 18.2 Å². The van der Waals surface area contributed by atoms with Crippen LogP contribution in [-0.4, -0.2) is 48.6 Å². The lowest BCUT2D eigenvalue weighted by atomic mass is 10.2. The molecule has 1 rings (SSSR count). The Morgan fingerprint density at radius 1 is 1.44 bits per heavy atom. The number of amides is 2. The van der Waals surface area contributed by atoms with E-state index < -0.39 is 0 Å². The summed E-state index contributed by atoms with van der Waals surface area (Å²) in [6.45, 7) is 0.0786. The Kier molecular flexibility index (Phi) is 5.80. The molecule has 1 aromatic rings. The lowest BCUT2D eigenvalue weighted by Crippen LogP contribution is -2.39. The number of benzene rings is 1. The van der Waals surface area contributed by atoms with Crippen LogP contribution in [0.5, 0.6) is 0 Å². The van der Waals surface area contributed by atoms with Gasteiger partial charge in [0.1, 0.15) is 0 Å². The van der Waals surface area contributed by atoms with Crippen molar-refractivity contribution < 1.29 is 14.7 Å². The average Bonchev–Trinajstić information content (AvgIpc) is 2.35. The molecule has 0 heterocycles. The molecular weight excluding hydrogens is 300 g/mol. The highest BCUT2D eigenvalue weighted by atomic mass is 79.9. The van der Waals surface area contributed by atoms with E-state index in [1.54, 1.807) is 25.2 Å². The predicted octanol–water partition coefficient (Wildman–Crippen LogP) is 0.630. The normalized spacial score (nSPS) is 9.94. The van der Waals surface area contributed by atoms with Crippen LogP contribution in [0.25, 0.3) is 0 Å². The average molecular weight is 315 g/mol. The minimum absolute atomic E-state index is 0.0815. The summed E-state index contributed by atoms with van der Waals surface area (Å²) in [6, 6.07) is 6.91. The second-order valence-corrected chi connectivity index (χ2v) is 4.65. The third kappa shape index (κ3) is 4.46. The van der Waals surface area contributed by atoms with Gasteiger partial charge in [-0.1, -0.05) is 22.0 Å². The zero-order valence-electron chi connectivity index (χ0n) is 10.0. The monoisotopic (exact) mass is 314 g/mol. The van der Waals surface area contributed by atoms with Gasteiger partial charge in [0, 0.05) is 23.6 Å². The molecule has 0 saturated carbocycles. The first kappa shape index (κ1) is 14.7. The molecule has 5 nitrogen and oxygen atoms in total. The Bertz CT molecular complexity index is 437. The number of nitrogens with zero attached hydrogens (tertiary/aromatic N) is 1. The number of hydrogen-bond donors (Lipinski definition) is 2. The van der Waals surface area contributed by atoms with Crippen molar-refractivity contribution in [2.75, 3.05) is 26.7 Å². The highest BCUT2D eigenvalue weighted by Crippen LogP contribution is 2.11. The molecule has 0 fully saturated rings. The molecular formula is C12H15BrN2O3. The van der Waals surface area contributed by atoms with Crippen LogP contribution in [0, 0.1) is 0 Å². The first-order chi connectivity index (χ1) is 8.54. The highest BCUT2D eigenvalue weighted by Gasteiger charge is 2.11. The topological polar surface area (TPSA) is 69.6 Å². The largest absolute Gasteiger partial charge is 0.395 e. The fourth-order valence-corrected chi connectivity index (χ4v) is 1.70. The lowest BCUT2D eigenvalue weighted by molar-refractivity contribution is -0.129. The smallest absolute Gasteiger partial charge is 0.251 e. The number of rotatable bonds is 5. The maximum atomic E-state index is 11.7. The van der Waals surface area contributed by atoms with Gasteiger partial charge in [0.15, 0.2) is 0 Å². The third-order valence-corrected chi connectivity index (χ3v) is 2.84. The molecule has 1 aromatic carbocycles. The molecule has 0 atom stereocenters. The van der Waals surface area contributed by atoms with E-state index in [9.17, 15) is 9.59 Å². The van der Waals surface area contributed by atoms with E-state index in [2.05, 4.69) is 21.2 Å². The summed E-state index contributed by atoms with van der Waals surface area (Å²) in [7, 11) is 1.57. The van der Waals surface area contributed by atoms with Gasteiger partial charge in [-0.15, -0.1) is 0 Å².